The van der Waals surface area contributed by atoms with Gasteiger partial charge in [-0.25, -0.2) is 4.39 Å². The number of carbonyl (C=O) groups is 1. The lowest BCUT2D eigenvalue weighted by Gasteiger charge is -2.19. The summed E-state index contributed by atoms with van der Waals surface area (Å²) in [6.45, 7) is 2.42. The maximum absolute atomic E-state index is 13.6. The standard InChI is InChI=1S/C17H22FNO2/c1-2-15(21-16-11-7-6-10-14(16)18)17(20)19-12-13-8-4-3-5-9-13/h6-8,10-11,15H,2-5,9,12H2,1H3,(H,19,20)/t15-/m1/s1. The second-order valence-electron chi connectivity index (χ2n) is 5.27. The summed E-state index contributed by atoms with van der Waals surface area (Å²) in [6, 6.07) is 6.15. The largest absolute Gasteiger partial charge is 0.478 e. The van der Waals surface area contributed by atoms with E-state index in [9.17, 15) is 9.18 Å². The van der Waals surface area contributed by atoms with Crippen LogP contribution < -0.4 is 10.1 Å². The van der Waals surface area contributed by atoms with Gasteiger partial charge in [-0.15, -0.1) is 0 Å². The monoisotopic (exact) mass is 291 g/mol. The predicted molar refractivity (Wildman–Crippen MR) is 80.7 cm³/mol. The number of carbonyl (C=O) groups excluding carboxylic acids is 1. The molecule has 0 spiro atoms. The molecule has 1 amide bonds. The number of halogens is 1. The quantitative estimate of drug-likeness (QED) is 0.813. The summed E-state index contributed by atoms with van der Waals surface area (Å²) in [5.74, 6) is -0.512. The summed E-state index contributed by atoms with van der Waals surface area (Å²) >= 11 is 0. The first-order valence-electron chi connectivity index (χ1n) is 7.57. The minimum atomic E-state index is -0.661. The zero-order chi connectivity index (χ0) is 15.1. The molecule has 1 aliphatic carbocycles. The topological polar surface area (TPSA) is 38.3 Å². The number of hydrogen-bond donors (Lipinski definition) is 1. The average Bonchev–Trinajstić information content (AvgIpc) is 2.53. The maximum Gasteiger partial charge on any atom is 0.261 e. The van der Waals surface area contributed by atoms with Crippen LogP contribution in [0.4, 0.5) is 4.39 Å². The van der Waals surface area contributed by atoms with E-state index < -0.39 is 11.9 Å². The van der Waals surface area contributed by atoms with E-state index in [0.29, 0.717) is 13.0 Å². The van der Waals surface area contributed by atoms with Crippen molar-refractivity contribution in [3.8, 4) is 5.75 Å². The molecular formula is C17H22FNO2. The Hall–Kier alpha value is -1.84. The van der Waals surface area contributed by atoms with Crippen molar-refractivity contribution in [1.29, 1.82) is 0 Å². The minimum Gasteiger partial charge on any atom is -0.478 e. The number of para-hydroxylation sites is 1. The van der Waals surface area contributed by atoms with Gasteiger partial charge in [-0.2, -0.15) is 0 Å². The Bertz CT molecular complexity index is 513. The van der Waals surface area contributed by atoms with Crippen LogP contribution in [0, 0.1) is 5.82 Å². The smallest absolute Gasteiger partial charge is 0.261 e. The van der Waals surface area contributed by atoms with Crippen LogP contribution in [0.25, 0.3) is 0 Å². The first-order valence-corrected chi connectivity index (χ1v) is 7.57. The van der Waals surface area contributed by atoms with Gasteiger partial charge < -0.3 is 10.1 Å². The second kappa shape index (κ2) is 7.81. The molecule has 21 heavy (non-hydrogen) atoms. The summed E-state index contributed by atoms with van der Waals surface area (Å²) in [5.41, 5.74) is 1.27. The third-order valence-corrected chi connectivity index (χ3v) is 3.64. The van der Waals surface area contributed by atoms with Crippen LogP contribution in [-0.2, 0) is 4.79 Å². The lowest BCUT2D eigenvalue weighted by molar-refractivity contribution is -0.128. The molecule has 0 saturated carbocycles. The molecule has 0 aromatic heterocycles. The van der Waals surface area contributed by atoms with E-state index in [2.05, 4.69) is 11.4 Å². The molecular weight excluding hydrogens is 269 g/mol. The molecule has 0 radical (unpaired) electrons. The Morgan fingerprint density at radius 2 is 2.19 bits per heavy atom. The highest BCUT2D eigenvalue weighted by Crippen LogP contribution is 2.19. The first kappa shape index (κ1) is 15.5. The van der Waals surface area contributed by atoms with Crippen molar-refractivity contribution in [3.63, 3.8) is 0 Å². The third kappa shape index (κ3) is 4.59. The van der Waals surface area contributed by atoms with Crippen molar-refractivity contribution in [1.82, 2.24) is 5.32 Å². The molecule has 0 saturated heterocycles. The highest BCUT2D eigenvalue weighted by atomic mass is 19.1. The molecule has 114 valence electrons. The van der Waals surface area contributed by atoms with Gasteiger partial charge in [0, 0.05) is 6.54 Å². The summed E-state index contributed by atoms with van der Waals surface area (Å²) < 4.78 is 19.1. The van der Waals surface area contributed by atoms with Gasteiger partial charge in [-0.1, -0.05) is 30.7 Å². The lowest BCUT2D eigenvalue weighted by Crippen LogP contribution is -2.39. The molecule has 0 aliphatic heterocycles. The molecule has 0 unspecified atom stereocenters. The van der Waals surface area contributed by atoms with E-state index in [4.69, 9.17) is 4.74 Å². The fraction of sp³-hybridized carbons (Fsp3) is 0.471. The zero-order valence-electron chi connectivity index (χ0n) is 12.4. The molecule has 0 bridgehead atoms. The fourth-order valence-corrected chi connectivity index (χ4v) is 2.40. The Morgan fingerprint density at radius 1 is 1.38 bits per heavy atom. The van der Waals surface area contributed by atoms with Gasteiger partial charge in [0.15, 0.2) is 17.7 Å². The number of rotatable bonds is 6. The molecule has 4 heteroatoms. The fourth-order valence-electron chi connectivity index (χ4n) is 2.40. The number of ether oxygens (including phenoxy) is 1. The zero-order valence-corrected chi connectivity index (χ0v) is 12.4. The third-order valence-electron chi connectivity index (χ3n) is 3.64. The Kier molecular flexibility index (Phi) is 5.78. The van der Waals surface area contributed by atoms with Gasteiger partial charge in [-0.3, -0.25) is 4.79 Å². The predicted octanol–water partition coefficient (Wildman–Crippen LogP) is 3.60. The molecule has 0 fully saturated rings. The summed E-state index contributed by atoms with van der Waals surface area (Å²) in [5, 5.41) is 2.89. The van der Waals surface area contributed by atoms with Gasteiger partial charge in [0.1, 0.15) is 0 Å². The molecule has 1 aromatic carbocycles. The molecule has 1 aliphatic rings. The normalized spacial score (nSPS) is 16.0. The Morgan fingerprint density at radius 3 is 2.86 bits per heavy atom. The van der Waals surface area contributed by atoms with Crippen molar-refractivity contribution in [2.24, 2.45) is 0 Å². The van der Waals surface area contributed by atoms with E-state index in [1.165, 1.54) is 30.5 Å². The van der Waals surface area contributed by atoms with Gasteiger partial charge in [0.25, 0.3) is 5.91 Å². The van der Waals surface area contributed by atoms with Crippen molar-refractivity contribution in [2.45, 2.75) is 45.1 Å². The van der Waals surface area contributed by atoms with Gasteiger partial charge in [-0.05, 0) is 44.2 Å². The summed E-state index contributed by atoms with van der Waals surface area (Å²) in [4.78, 5) is 12.1. The van der Waals surface area contributed by atoms with Crippen molar-refractivity contribution < 1.29 is 13.9 Å². The number of nitrogens with one attached hydrogen (secondary N) is 1. The molecule has 0 heterocycles. The van der Waals surface area contributed by atoms with Gasteiger partial charge in [0.05, 0.1) is 0 Å². The van der Waals surface area contributed by atoms with Crippen LogP contribution in [0.2, 0.25) is 0 Å². The molecule has 2 rings (SSSR count). The molecule has 1 atom stereocenters. The molecule has 1 N–H and O–H groups in total. The number of hydrogen-bond acceptors (Lipinski definition) is 2. The summed E-state index contributed by atoms with van der Waals surface area (Å²) in [7, 11) is 0. The van der Waals surface area contributed by atoms with Gasteiger partial charge in [0.2, 0.25) is 0 Å². The Labute approximate surface area is 125 Å². The van der Waals surface area contributed by atoms with Gasteiger partial charge >= 0.3 is 0 Å². The van der Waals surface area contributed by atoms with Crippen LogP contribution in [0.5, 0.6) is 5.75 Å². The first-order chi connectivity index (χ1) is 10.2. The lowest BCUT2D eigenvalue weighted by atomic mass is 10.00. The van der Waals surface area contributed by atoms with Crippen LogP contribution in [-0.4, -0.2) is 18.6 Å². The SMILES string of the molecule is CC[C@@H](Oc1ccccc1F)C(=O)NCC1=CCCCC1. The van der Waals surface area contributed by atoms with Crippen LogP contribution in [0.3, 0.4) is 0 Å². The number of benzene rings is 1. The maximum atomic E-state index is 13.6. The van der Waals surface area contributed by atoms with Crippen LogP contribution in [0.1, 0.15) is 39.0 Å². The highest BCUT2D eigenvalue weighted by Gasteiger charge is 2.19. The van der Waals surface area contributed by atoms with E-state index in [1.54, 1.807) is 12.1 Å². The van der Waals surface area contributed by atoms with Crippen molar-refractivity contribution in [3.05, 3.63) is 41.7 Å². The molecule has 1 aromatic rings. The van der Waals surface area contributed by atoms with Crippen molar-refractivity contribution in [2.75, 3.05) is 6.54 Å². The van der Waals surface area contributed by atoms with Crippen LogP contribution in [0.15, 0.2) is 35.9 Å². The van der Waals surface area contributed by atoms with Crippen LogP contribution >= 0.6 is 0 Å². The van der Waals surface area contributed by atoms with Crippen molar-refractivity contribution >= 4 is 5.91 Å². The minimum absolute atomic E-state index is 0.122. The second-order valence-corrected chi connectivity index (χ2v) is 5.27. The van der Waals surface area contributed by atoms with E-state index >= 15 is 0 Å². The number of amides is 1. The number of allylic oxidation sites excluding steroid dienone is 1. The highest BCUT2D eigenvalue weighted by molar-refractivity contribution is 5.81. The van der Waals surface area contributed by atoms with E-state index in [0.717, 1.165) is 12.8 Å². The Balaban J connectivity index is 1.89. The average molecular weight is 291 g/mol. The molecule has 3 nitrogen and oxygen atoms in total. The summed E-state index contributed by atoms with van der Waals surface area (Å²) in [6.07, 6.45) is 6.59. The van der Waals surface area contributed by atoms with E-state index in [1.807, 2.05) is 6.92 Å². The van der Waals surface area contributed by atoms with E-state index in [-0.39, 0.29) is 11.7 Å².